The molecule has 0 bridgehead atoms. The molecule has 0 radical (unpaired) electrons. The van der Waals surface area contributed by atoms with E-state index in [1.165, 1.54) is 19.3 Å². The number of hydrogen-bond donors (Lipinski definition) is 2. The van der Waals surface area contributed by atoms with Gasteiger partial charge in [0, 0.05) is 36.8 Å². The van der Waals surface area contributed by atoms with Crippen LogP contribution in [0.5, 0.6) is 0 Å². The molecule has 2 aliphatic rings. The van der Waals surface area contributed by atoms with E-state index in [0.29, 0.717) is 11.6 Å². The molecule has 2 fully saturated rings. The van der Waals surface area contributed by atoms with Gasteiger partial charge in [-0.3, -0.25) is 9.69 Å². The Morgan fingerprint density at radius 2 is 1.85 bits per heavy atom. The first kappa shape index (κ1) is 27.0. The van der Waals surface area contributed by atoms with Crippen molar-refractivity contribution >= 4 is 29.0 Å². The van der Waals surface area contributed by atoms with Crippen LogP contribution in [0, 0.1) is 0 Å². The number of carbonyl (C=O) groups is 2. The van der Waals surface area contributed by atoms with Gasteiger partial charge in [0.2, 0.25) is 0 Å². The zero-order valence-electron chi connectivity index (χ0n) is 23.2. The van der Waals surface area contributed by atoms with E-state index in [1.807, 2.05) is 42.5 Å². The van der Waals surface area contributed by atoms with E-state index in [1.54, 1.807) is 18.6 Å². The van der Waals surface area contributed by atoms with Crippen LogP contribution in [0.15, 0.2) is 71.6 Å². The molecule has 1 aliphatic heterocycles. The fourth-order valence-corrected chi connectivity index (χ4v) is 6.29. The SMILES string of the molecule is O=C(O)/C=C/c1ccc(CN2CCCC(NC(=O)c3ccc4c(c3)nc(-c3ccoc3)n4C3CCCCC3)C2)cc1. The van der Waals surface area contributed by atoms with Gasteiger partial charge >= 0.3 is 5.97 Å². The van der Waals surface area contributed by atoms with Crippen LogP contribution < -0.4 is 5.32 Å². The van der Waals surface area contributed by atoms with Crippen molar-refractivity contribution in [3.8, 4) is 11.4 Å². The highest BCUT2D eigenvalue weighted by atomic mass is 16.4. The first-order valence-electron chi connectivity index (χ1n) is 14.6. The Morgan fingerprint density at radius 3 is 2.61 bits per heavy atom. The summed E-state index contributed by atoms with van der Waals surface area (Å²) in [6.45, 7) is 2.56. The second kappa shape index (κ2) is 12.1. The summed E-state index contributed by atoms with van der Waals surface area (Å²) in [5.74, 6) is -0.110. The van der Waals surface area contributed by atoms with Crippen molar-refractivity contribution in [1.82, 2.24) is 19.8 Å². The number of likely N-dealkylation sites (tertiary alicyclic amines) is 1. The van der Waals surface area contributed by atoms with Crippen LogP contribution in [0.1, 0.15) is 72.5 Å². The lowest BCUT2D eigenvalue weighted by Crippen LogP contribution is -2.47. The largest absolute Gasteiger partial charge is 0.478 e. The highest BCUT2D eigenvalue weighted by Crippen LogP contribution is 2.36. The molecular formula is C33H36N4O4. The third kappa shape index (κ3) is 6.28. The van der Waals surface area contributed by atoms with Crippen molar-refractivity contribution in [3.63, 3.8) is 0 Å². The number of piperidine rings is 1. The summed E-state index contributed by atoms with van der Waals surface area (Å²) in [5.41, 5.74) is 5.52. The van der Waals surface area contributed by atoms with Crippen molar-refractivity contribution in [2.75, 3.05) is 13.1 Å². The van der Waals surface area contributed by atoms with Crippen LogP contribution in [0.4, 0.5) is 0 Å². The van der Waals surface area contributed by atoms with E-state index in [2.05, 4.69) is 20.9 Å². The quantitative estimate of drug-likeness (QED) is 0.249. The minimum absolute atomic E-state index is 0.0644. The van der Waals surface area contributed by atoms with Gasteiger partial charge in [-0.05, 0) is 73.7 Å². The Kier molecular flexibility index (Phi) is 8.00. The molecule has 1 saturated carbocycles. The summed E-state index contributed by atoms with van der Waals surface area (Å²) in [5, 5.41) is 12.1. The van der Waals surface area contributed by atoms with Gasteiger partial charge in [-0.15, -0.1) is 0 Å². The standard InChI is InChI=1S/C33H36N4O4/c38-31(39)15-12-23-8-10-24(11-9-23)20-36-17-4-5-27(21-36)34-33(40)25-13-14-30-29(19-25)35-32(26-16-18-41-22-26)37(30)28-6-2-1-3-7-28/h8-16,18-19,22,27-28H,1-7,17,20-21H2,(H,34,40)(H,38,39)/b15-12+. The molecule has 1 amide bonds. The molecule has 1 saturated heterocycles. The molecule has 212 valence electrons. The summed E-state index contributed by atoms with van der Waals surface area (Å²) in [6, 6.07) is 16.3. The average Bonchev–Trinajstić information content (AvgIpc) is 3.65. The van der Waals surface area contributed by atoms with Crippen molar-refractivity contribution in [2.45, 2.75) is 63.6 Å². The Balaban J connectivity index is 1.14. The molecule has 8 heteroatoms. The maximum atomic E-state index is 13.4. The molecule has 3 heterocycles. The minimum atomic E-state index is -0.955. The molecule has 1 atom stereocenters. The number of amides is 1. The molecule has 2 aromatic carbocycles. The summed E-state index contributed by atoms with van der Waals surface area (Å²) in [6.07, 6.45) is 14.1. The Labute approximate surface area is 239 Å². The molecular weight excluding hydrogens is 516 g/mol. The molecule has 0 spiro atoms. The molecule has 6 rings (SSSR count). The zero-order valence-corrected chi connectivity index (χ0v) is 23.2. The van der Waals surface area contributed by atoms with Crippen molar-refractivity contribution in [2.24, 2.45) is 0 Å². The number of nitrogens with one attached hydrogen (secondary N) is 1. The minimum Gasteiger partial charge on any atom is -0.478 e. The summed E-state index contributed by atoms with van der Waals surface area (Å²) >= 11 is 0. The summed E-state index contributed by atoms with van der Waals surface area (Å²) in [4.78, 5) is 31.5. The molecule has 1 unspecified atom stereocenters. The van der Waals surface area contributed by atoms with E-state index in [-0.39, 0.29) is 11.9 Å². The second-order valence-electron chi connectivity index (χ2n) is 11.3. The molecule has 8 nitrogen and oxygen atoms in total. The van der Waals surface area contributed by atoms with Crippen molar-refractivity contribution in [1.29, 1.82) is 0 Å². The Hall–Kier alpha value is -4.17. The number of aliphatic carboxylic acids is 1. The molecule has 2 N–H and O–H groups in total. The summed E-state index contributed by atoms with van der Waals surface area (Å²) < 4.78 is 7.74. The lowest BCUT2D eigenvalue weighted by molar-refractivity contribution is -0.131. The zero-order chi connectivity index (χ0) is 28.2. The van der Waals surface area contributed by atoms with E-state index in [4.69, 9.17) is 14.5 Å². The maximum Gasteiger partial charge on any atom is 0.328 e. The number of carboxylic acid groups (broad SMARTS) is 1. The van der Waals surface area contributed by atoms with E-state index < -0.39 is 5.97 Å². The third-order valence-corrected chi connectivity index (χ3v) is 8.32. The fraction of sp³-hybridized carbons (Fsp3) is 0.364. The smallest absolute Gasteiger partial charge is 0.328 e. The van der Waals surface area contributed by atoms with Crippen LogP contribution in [0.2, 0.25) is 0 Å². The number of rotatable bonds is 8. The van der Waals surface area contributed by atoms with Gasteiger partial charge in [0.05, 0.1) is 22.9 Å². The maximum absolute atomic E-state index is 13.4. The molecule has 4 aromatic rings. The van der Waals surface area contributed by atoms with Crippen LogP contribution in [-0.4, -0.2) is 50.6 Å². The van der Waals surface area contributed by atoms with Gasteiger partial charge in [-0.25, -0.2) is 9.78 Å². The predicted octanol–water partition coefficient (Wildman–Crippen LogP) is 6.29. The number of nitrogens with zero attached hydrogens (tertiary/aromatic N) is 3. The van der Waals surface area contributed by atoms with Gasteiger partial charge in [0.1, 0.15) is 12.1 Å². The van der Waals surface area contributed by atoms with Gasteiger partial charge in [-0.1, -0.05) is 43.5 Å². The first-order chi connectivity index (χ1) is 20.0. The number of furan rings is 1. The predicted molar refractivity (Wildman–Crippen MR) is 158 cm³/mol. The second-order valence-corrected chi connectivity index (χ2v) is 11.3. The molecule has 2 aromatic heterocycles. The average molecular weight is 553 g/mol. The topological polar surface area (TPSA) is 101 Å². The number of carbonyl (C=O) groups excluding carboxylic acids is 1. The van der Waals surface area contributed by atoms with Crippen LogP contribution in [-0.2, 0) is 11.3 Å². The summed E-state index contributed by atoms with van der Waals surface area (Å²) in [7, 11) is 0. The lowest BCUT2D eigenvalue weighted by Gasteiger charge is -2.33. The van der Waals surface area contributed by atoms with E-state index in [0.717, 1.165) is 84.9 Å². The number of hydrogen-bond acceptors (Lipinski definition) is 5. The number of carboxylic acids is 1. The fourth-order valence-electron chi connectivity index (χ4n) is 6.29. The number of fused-ring (bicyclic) bond motifs is 1. The van der Waals surface area contributed by atoms with Crippen molar-refractivity contribution < 1.29 is 19.1 Å². The van der Waals surface area contributed by atoms with Crippen LogP contribution in [0.3, 0.4) is 0 Å². The number of aromatic nitrogens is 2. The van der Waals surface area contributed by atoms with Gasteiger partial charge < -0.3 is 19.4 Å². The van der Waals surface area contributed by atoms with Gasteiger partial charge in [-0.2, -0.15) is 0 Å². The normalized spacial score (nSPS) is 18.7. The molecule has 1 aliphatic carbocycles. The highest BCUT2D eigenvalue weighted by Gasteiger charge is 2.25. The van der Waals surface area contributed by atoms with E-state index in [9.17, 15) is 9.59 Å². The van der Waals surface area contributed by atoms with Crippen molar-refractivity contribution in [3.05, 3.63) is 83.8 Å². The monoisotopic (exact) mass is 552 g/mol. The van der Waals surface area contributed by atoms with Gasteiger partial charge in [0.25, 0.3) is 5.91 Å². The number of imidazole rings is 1. The molecule has 41 heavy (non-hydrogen) atoms. The highest BCUT2D eigenvalue weighted by molar-refractivity contribution is 5.98. The third-order valence-electron chi connectivity index (χ3n) is 8.32. The van der Waals surface area contributed by atoms with Gasteiger partial charge in [0.15, 0.2) is 0 Å². The lowest BCUT2D eigenvalue weighted by atomic mass is 9.95. The van der Waals surface area contributed by atoms with E-state index >= 15 is 0 Å². The van der Waals surface area contributed by atoms with Crippen LogP contribution in [0.25, 0.3) is 28.5 Å². The Morgan fingerprint density at radius 1 is 1.02 bits per heavy atom. The number of benzene rings is 2. The Bertz CT molecular complexity index is 1530. The van der Waals surface area contributed by atoms with Crippen LogP contribution >= 0.6 is 0 Å². The first-order valence-corrected chi connectivity index (χ1v) is 14.6.